The summed E-state index contributed by atoms with van der Waals surface area (Å²) in [6, 6.07) is 16.1. The number of methoxy groups -OCH3 is 1. The highest BCUT2D eigenvalue weighted by atomic mass is 16.5. The maximum absolute atomic E-state index is 9.61. The van der Waals surface area contributed by atoms with Crippen LogP contribution in [0, 0.1) is 11.3 Å². The lowest BCUT2D eigenvalue weighted by molar-refractivity contribution is 0.204. The zero-order chi connectivity index (χ0) is 19.3. The normalized spacial score (nSPS) is 13.6. The first kappa shape index (κ1) is 17.7. The van der Waals surface area contributed by atoms with Gasteiger partial charge in [0.2, 0.25) is 0 Å². The van der Waals surface area contributed by atoms with Crippen LogP contribution in [0.3, 0.4) is 0 Å². The number of fused-ring (bicyclic) bond motifs is 1. The molecule has 5 heteroatoms. The smallest absolute Gasteiger partial charge is 0.179 e. The average molecular weight is 369 g/mol. The quantitative estimate of drug-likeness (QED) is 0.634. The van der Waals surface area contributed by atoms with E-state index >= 15 is 0 Å². The van der Waals surface area contributed by atoms with E-state index in [1.165, 1.54) is 11.1 Å². The van der Waals surface area contributed by atoms with Gasteiger partial charge >= 0.3 is 0 Å². The average Bonchev–Trinajstić information content (AvgIpc) is 3.15. The van der Waals surface area contributed by atoms with Gasteiger partial charge < -0.3 is 9.47 Å². The summed E-state index contributed by atoms with van der Waals surface area (Å²) < 4.78 is 11.7. The van der Waals surface area contributed by atoms with Gasteiger partial charge in [-0.3, -0.25) is 9.97 Å². The minimum atomic E-state index is 0.0382. The van der Waals surface area contributed by atoms with Crippen molar-refractivity contribution in [1.82, 2.24) is 9.97 Å². The minimum Gasteiger partial charge on any atom is -0.491 e. The molecule has 1 aromatic carbocycles. The fourth-order valence-electron chi connectivity index (χ4n) is 3.39. The lowest BCUT2D eigenvalue weighted by atomic mass is 10.1. The van der Waals surface area contributed by atoms with Gasteiger partial charge in [-0.15, -0.1) is 0 Å². The van der Waals surface area contributed by atoms with Crippen LogP contribution < -0.4 is 9.47 Å². The van der Waals surface area contributed by atoms with Crippen molar-refractivity contribution in [3.05, 3.63) is 83.4 Å². The van der Waals surface area contributed by atoms with Gasteiger partial charge in [0.15, 0.2) is 11.5 Å². The van der Waals surface area contributed by atoms with Gasteiger partial charge in [0.25, 0.3) is 0 Å². The molecule has 0 radical (unpaired) electrons. The first-order chi connectivity index (χ1) is 13.8. The maximum atomic E-state index is 9.61. The molecule has 2 heterocycles. The second-order valence-electron chi connectivity index (χ2n) is 6.59. The fourth-order valence-corrected chi connectivity index (χ4v) is 3.39. The lowest BCUT2D eigenvalue weighted by Gasteiger charge is -2.16. The molecule has 3 aromatic rings. The molecule has 4 rings (SSSR count). The van der Waals surface area contributed by atoms with E-state index in [0.717, 1.165) is 18.4 Å². The molecule has 0 bridgehead atoms. The Kier molecular flexibility index (Phi) is 5.03. The molecule has 2 aromatic heterocycles. The predicted octanol–water partition coefficient (Wildman–Crippen LogP) is 4.10. The van der Waals surface area contributed by atoms with Crippen molar-refractivity contribution >= 4 is 11.6 Å². The summed E-state index contributed by atoms with van der Waals surface area (Å²) in [5.74, 6) is 1.15. The molecule has 0 spiro atoms. The van der Waals surface area contributed by atoms with E-state index in [9.17, 15) is 5.26 Å². The fraction of sp³-hybridized carbons (Fsp3) is 0.174. The van der Waals surface area contributed by atoms with Gasteiger partial charge in [0.1, 0.15) is 12.2 Å². The van der Waals surface area contributed by atoms with Crippen molar-refractivity contribution < 1.29 is 9.47 Å². The number of nitriles is 1. The topological polar surface area (TPSA) is 68.0 Å². The minimum absolute atomic E-state index is 0.0382. The van der Waals surface area contributed by atoms with Crippen LogP contribution in [0.4, 0.5) is 0 Å². The molecule has 1 aliphatic carbocycles. The summed E-state index contributed by atoms with van der Waals surface area (Å²) in [6.07, 6.45) is 8.51. The Hall–Kier alpha value is -3.65. The van der Waals surface area contributed by atoms with Crippen molar-refractivity contribution in [3.8, 4) is 17.6 Å². The lowest BCUT2D eigenvalue weighted by Crippen LogP contribution is -2.17. The first-order valence-corrected chi connectivity index (χ1v) is 9.06. The second kappa shape index (κ2) is 7.93. The van der Waals surface area contributed by atoms with E-state index in [2.05, 4.69) is 40.3 Å². The van der Waals surface area contributed by atoms with Crippen LogP contribution in [0.15, 0.2) is 61.1 Å². The molecule has 0 aliphatic heterocycles. The van der Waals surface area contributed by atoms with Crippen LogP contribution in [0.5, 0.6) is 11.5 Å². The van der Waals surface area contributed by atoms with Crippen molar-refractivity contribution in [1.29, 1.82) is 5.26 Å². The summed E-state index contributed by atoms with van der Waals surface area (Å²) in [6.45, 7) is 0. The maximum Gasteiger partial charge on any atom is 0.179 e. The third-order valence-electron chi connectivity index (χ3n) is 4.77. The molecule has 0 fully saturated rings. The number of hydrogen-bond donors (Lipinski definition) is 0. The molecule has 5 nitrogen and oxygen atoms in total. The van der Waals surface area contributed by atoms with Crippen LogP contribution >= 0.6 is 0 Å². The van der Waals surface area contributed by atoms with E-state index in [-0.39, 0.29) is 6.10 Å². The second-order valence-corrected chi connectivity index (χ2v) is 6.59. The number of benzene rings is 1. The summed E-state index contributed by atoms with van der Waals surface area (Å²) in [5.41, 5.74) is 4.52. The monoisotopic (exact) mass is 369 g/mol. The van der Waals surface area contributed by atoms with Crippen molar-refractivity contribution in [3.63, 3.8) is 0 Å². The summed E-state index contributed by atoms with van der Waals surface area (Å²) in [4.78, 5) is 8.38. The van der Waals surface area contributed by atoms with Crippen LogP contribution in [0.1, 0.15) is 22.4 Å². The number of rotatable bonds is 5. The SMILES string of the molecule is COc1cnc(/C(C#N)=C/c2ccncc2)cc1OC1Cc2ccccc2C1. The van der Waals surface area contributed by atoms with Crippen LogP contribution in [-0.4, -0.2) is 23.2 Å². The van der Waals surface area contributed by atoms with Crippen LogP contribution in [-0.2, 0) is 12.8 Å². The van der Waals surface area contributed by atoms with Gasteiger partial charge in [0.05, 0.1) is 24.6 Å². The summed E-state index contributed by atoms with van der Waals surface area (Å²) in [7, 11) is 1.59. The highest BCUT2D eigenvalue weighted by molar-refractivity contribution is 5.88. The van der Waals surface area contributed by atoms with Gasteiger partial charge in [0, 0.05) is 31.3 Å². The predicted molar refractivity (Wildman–Crippen MR) is 107 cm³/mol. The van der Waals surface area contributed by atoms with E-state index in [1.807, 2.05) is 12.1 Å². The van der Waals surface area contributed by atoms with Gasteiger partial charge in [-0.05, 0) is 34.9 Å². The number of hydrogen-bond acceptors (Lipinski definition) is 5. The Balaban J connectivity index is 1.61. The summed E-state index contributed by atoms with van der Waals surface area (Å²) >= 11 is 0. The van der Waals surface area contributed by atoms with Crippen molar-refractivity contribution in [2.45, 2.75) is 18.9 Å². The van der Waals surface area contributed by atoms with Crippen LogP contribution in [0.25, 0.3) is 11.6 Å². The molecule has 0 amide bonds. The Labute approximate surface area is 163 Å². The zero-order valence-electron chi connectivity index (χ0n) is 15.5. The van der Waals surface area contributed by atoms with E-state index in [1.54, 1.807) is 37.8 Å². The molecule has 0 saturated heterocycles. The Bertz CT molecular complexity index is 1030. The molecule has 0 N–H and O–H groups in total. The largest absolute Gasteiger partial charge is 0.491 e. The Morgan fingerprint density at radius 3 is 2.46 bits per heavy atom. The van der Waals surface area contributed by atoms with E-state index in [0.29, 0.717) is 22.8 Å². The van der Waals surface area contributed by atoms with Gasteiger partial charge in [-0.1, -0.05) is 24.3 Å². The molecule has 28 heavy (non-hydrogen) atoms. The Morgan fingerprint density at radius 1 is 1.11 bits per heavy atom. The molecular weight excluding hydrogens is 350 g/mol. The number of nitrogens with zero attached hydrogens (tertiary/aromatic N) is 3. The number of ether oxygens (including phenoxy) is 2. The molecule has 0 unspecified atom stereocenters. The Morgan fingerprint density at radius 2 is 1.82 bits per heavy atom. The third kappa shape index (κ3) is 3.72. The highest BCUT2D eigenvalue weighted by Crippen LogP contribution is 2.33. The first-order valence-electron chi connectivity index (χ1n) is 9.06. The zero-order valence-corrected chi connectivity index (χ0v) is 15.5. The number of aromatic nitrogens is 2. The molecule has 138 valence electrons. The van der Waals surface area contributed by atoms with Crippen molar-refractivity contribution in [2.24, 2.45) is 0 Å². The van der Waals surface area contributed by atoms with Crippen molar-refractivity contribution in [2.75, 3.05) is 7.11 Å². The third-order valence-corrected chi connectivity index (χ3v) is 4.77. The molecule has 1 aliphatic rings. The highest BCUT2D eigenvalue weighted by Gasteiger charge is 2.24. The summed E-state index contributed by atoms with van der Waals surface area (Å²) in [5, 5.41) is 9.61. The van der Waals surface area contributed by atoms with E-state index < -0.39 is 0 Å². The molecule has 0 saturated carbocycles. The molecular formula is C23H19N3O2. The standard InChI is InChI=1S/C23H19N3O2/c1-27-23-15-26-21(19(14-24)10-16-6-8-25-9-7-16)13-22(23)28-20-11-17-4-2-3-5-18(17)12-20/h2-10,13,15,20H,11-12H2,1H3/b19-10+. The number of pyridine rings is 2. The molecule has 0 atom stereocenters. The van der Waals surface area contributed by atoms with E-state index in [4.69, 9.17) is 9.47 Å². The number of allylic oxidation sites excluding steroid dienone is 1. The van der Waals surface area contributed by atoms with Gasteiger partial charge in [-0.25, -0.2) is 0 Å². The van der Waals surface area contributed by atoms with Crippen LogP contribution in [0.2, 0.25) is 0 Å². The van der Waals surface area contributed by atoms with Gasteiger partial charge in [-0.2, -0.15) is 5.26 Å².